The summed E-state index contributed by atoms with van der Waals surface area (Å²) in [6, 6.07) is 9.97. The van der Waals surface area contributed by atoms with E-state index in [4.69, 9.17) is 34.8 Å². The third-order valence-corrected chi connectivity index (χ3v) is 4.07. The lowest BCUT2D eigenvalue weighted by atomic mass is 10.0. The topological polar surface area (TPSA) is 17.1 Å². The summed E-state index contributed by atoms with van der Waals surface area (Å²) in [6.07, 6.45) is 0. The lowest BCUT2D eigenvalue weighted by Gasteiger charge is -2.06. The van der Waals surface area contributed by atoms with E-state index in [0.29, 0.717) is 26.2 Å². The maximum absolute atomic E-state index is 12.4. The summed E-state index contributed by atoms with van der Waals surface area (Å²) in [5.41, 5.74) is 0.952. The summed E-state index contributed by atoms with van der Waals surface area (Å²) in [7, 11) is 0. The summed E-state index contributed by atoms with van der Waals surface area (Å²) >= 11 is 19.8. The largest absolute Gasteiger partial charge is 0.289 e. The molecule has 0 spiro atoms. The monoisotopic (exact) mass is 410 g/mol. The molecule has 0 atom stereocenters. The van der Waals surface area contributed by atoms with Gasteiger partial charge in [0.1, 0.15) is 0 Å². The fraction of sp³-hybridized carbons (Fsp3) is 0. The number of carbonyl (C=O) groups is 1. The lowest BCUT2D eigenvalue weighted by Crippen LogP contribution is -2.04. The van der Waals surface area contributed by atoms with Crippen molar-refractivity contribution in [3.8, 4) is 0 Å². The smallest absolute Gasteiger partial charge is 0.195 e. The van der Waals surface area contributed by atoms with Crippen molar-refractivity contribution in [1.82, 2.24) is 0 Å². The Kier molecular flexibility index (Phi) is 4.54. The minimum atomic E-state index is -0.163. The van der Waals surface area contributed by atoms with Gasteiger partial charge < -0.3 is 0 Å². The molecule has 0 saturated carbocycles. The van der Waals surface area contributed by atoms with Crippen LogP contribution in [0.3, 0.4) is 0 Å². The molecule has 1 nitrogen and oxygen atoms in total. The van der Waals surface area contributed by atoms with E-state index in [2.05, 4.69) is 22.6 Å². The average molecular weight is 411 g/mol. The van der Waals surface area contributed by atoms with Crippen molar-refractivity contribution < 1.29 is 4.79 Å². The molecule has 2 aromatic carbocycles. The summed E-state index contributed by atoms with van der Waals surface area (Å²) in [5, 5.41) is 1.35. The molecule has 0 aliphatic rings. The van der Waals surface area contributed by atoms with Crippen LogP contribution in [-0.2, 0) is 0 Å². The SMILES string of the molecule is O=C(c1ccc(Cl)cc1Cl)c1cc(Cl)ccc1I. The van der Waals surface area contributed by atoms with Gasteiger partial charge in [0.2, 0.25) is 0 Å². The summed E-state index contributed by atoms with van der Waals surface area (Å²) in [5.74, 6) is -0.163. The van der Waals surface area contributed by atoms with Crippen molar-refractivity contribution in [2.24, 2.45) is 0 Å². The van der Waals surface area contributed by atoms with E-state index in [0.717, 1.165) is 3.57 Å². The molecule has 0 amide bonds. The first kappa shape index (κ1) is 14.1. The maximum Gasteiger partial charge on any atom is 0.195 e. The highest BCUT2D eigenvalue weighted by molar-refractivity contribution is 14.1. The normalized spacial score (nSPS) is 10.4. The van der Waals surface area contributed by atoms with Crippen LogP contribution < -0.4 is 0 Å². The molecule has 5 heteroatoms. The predicted octanol–water partition coefficient (Wildman–Crippen LogP) is 5.48. The number of halogens is 4. The van der Waals surface area contributed by atoms with Gasteiger partial charge >= 0.3 is 0 Å². The van der Waals surface area contributed by atoms with Crippen molar-refractivity contribution in [2.45, 2.75) is 0 Å². The highest BCUT2D eigenvalue weighted by Crippen LogP contribution is 2.26. The first-order valence-electron chi connectivity index (χ1n) is 4.94. The molecule has 0 fully saturated rings. The van der Waals surface area contributed by atoms with Crippen LogP contribution in [0, 0.1) is 3.57 Å². The molecule has 0 bridgehead atoms. The van der Waals surface area contributed by atoms with Gasteiger partial charge in [0.15, 0.2) is 5.78 Å². The standard InChI is InChI=1S/C13H6Cl3IO/c14-7-2-4-12(17)10(5-7)13(18)9-3-1-8(15)6-11(9)16/h1-6H. The van der Waals surface area contributed by atoms with Gasteiger partial charge in [0.25, 0.3) is 0 Å². The maximum atomic E-state index is 12.4. The van der Waals surface area contributed by atoms with E-state index >= 15 is 0 Å². The Morgan fingerprint density at radius 1 is 0.889 bits per heavy atom. The van der Waals surface area contributed by atoms with Crippen LogP contribution in [0.5, 0.6) is 0 Å². The molecular formula is C13H6Cl3IO. The van der Waals surface area contributed by atoms with Crippen molar-refractivity contribution in [2.75, 3.05) is 0 Å². The second-order valence-corrected chi connectivity index (χ2v) is 6.02. The third-order valence-electron chi connectivity index (χ3n) is 2.35. The summed E-state index contributed by atoms with van der Waals surface area (Å²) < 4.78 is 0.827. The number of ketones is 1. The number of benzene rings is 2. The second kappa shape index (κ2) is 5.78. The molecule has 0 aliphatic carbocycles. The van der Waals surface area contributed by atoms with Gasteiger partial charge in [-0.05, 0) is 59.0 Å². The molecule has 0 aliphatic heterocycles. The van der Waals surface area contributed by atoms with Crippen LogP contribution in [0.4, 0.5) is 0 Å². The van der Waals surface area contributed by atoms with Gasteiger partial charge in [-0.15, -0.1) is 0 Å². The number of hydrogen-bond acceptors (Lipinski definition) is 1. The first-order chi connectivity index (χ1) is 8.49. The number of hydrogen-bond donors (Lipinski definition) is 0. The molecule has 0 heterocycles. The minimum absolute atomic E-state index is 0.163. The van der Waals surface area contributed by atoms with Gasteiger partial charge in [-0.3, -0.25) is 4.79 Å². The molecule has 0 aromatic heterocycles. The van der Waals surface area contributed by atoms with Gasteiger partial charge in [-0.2, -0.15) is 0 Å². The Hall–Kier alpha value is -0.290. The van der Waals surface area contributed by atoms with Crippen LogP contribution in [0.15, 0.2) is 36.4 Å². The van der Waals surface area contributed by atoms with Crippen molar-refractivity contribution in [3.05, 3.63) is 66.2 Å². The fourth-order valence-corrected chi connectivity index (χ4v) is 2.74. The zero-order valence-electron chi connectivity index (χ0n) is 8.88. The number of carbonyl (C=O) groups excluding carboxylic acids is 1. The highest BCUT2D eigenvalue weighted by Gasteiger charge is 2.16. The van der Waals surface area contributed by atoms with Crippen LogP contribution in [0.25, 0.3) is 0 Å². The predicted molar refractivity (Wildman–Crippen MR) is 84.1 cm³/mol. The van der Waals surface area contributed by atoms with Crippen LogP contribution in [0.2, 0.25) is 15.1 Å². The number of rotatable bonds is 2. The molecule has 92 valence electrons. The minimum Gasteiger partial charge on any atom is -0.289 e. The molecular weight excluding hydrogens is 405 g/mol. The Bertz CT molecular complexity index is 626. The van der Waals surface area contributed by atoms with Gasteiger partial charge in [0, 0.05) is 24.7 Å². The van der Waals surface area contributed by atoms with Gasteiger partial charge in [-0.25, -0.2) is 0 Å². The average Bonchev–Trinajstić information content (AvgIpc) is 2.31. The molecule has 18 heavy (non-hydrogen) atoms. The Balaban J connectivity index is 2.51. The summed E-state index contributed by atoms with van der Waals surface area (Å²) in [6.45, 7) is 0. The van der Waals surface area contributed by atoms with E-state index in [-0.39, 0.29) is 5.78 Å². The molecule has 0 unspecified atom stereocenters. The third kappa shape index (κ3) is 2.99. The molecule has 2 aromatic rings. The van der Waals surface area contributed by atoms with Crippen LogP contribution in [-0.4, -0.2) is 5.78 Å². The Labute approximate surface area is 133 Å². The van der Waals surface area contributed by atoms with E-state index in [9.17, 15) is 4.79 Å². The lowest BCUT2D eigenvalue weighted by molar-refractivity contribution is 0.103. The summed E-state index contributed by atoms with van der Waals surface area (Å²) in [4.78, 5) is 12.4. The molecule has 0 N–H and O–H groups in total. The van der Waals surface area contributed by atoms with Gasteiger partial charge in [0.05, 0.1) is 5.02 Å². The zero-order chi connectivity index (χ0) is 13.3. The van der Waals surface area contributed by atoms with Crippen molar-refractivity contribution in [1.29, 1.82) is 0 Å². The Morgan fingerprint density at radius 3 is 2.17 bits per heavy atom. The first-order valence-corrected chi connectivity index (χ1v) is 7.15. The van der Waals surface area contributed by atoms with E-state index in [1.807, 2.05) is 0 Å². The zero-order valence-corrected chi connectivity index (χ0v) is 13.3. The highest BCUT2D eigenvalue weighted by atomic mass is 127. The Morgan fingerprint density at radius 2 is 1.50 bits per heavy atom. The van der Waals surface area contributed by atoms with Crippen LogP contribution >= 0.6 is 57.4 Å². The molecule has 0 radical (unpaired) electrons. The van der Waals surface area contributed by atoms with Crippen LogP contribution in [0.1, 0.15) is 15.9 Å². The fourth-order valence-electron chi connectivity index (χ4n) is 1.49. The quantitative estimate of drug-likeness (QED) is 0.472. The second-order valence-electron chi connectivity index (χ2n) is 3.58. The van der Waals surface area contributed by atoms with E-state index < -0.39 is 0 Å². The van der Waals surface area contributed by atoms with E-state index in [1.165, 1.54) is 0 Å². The van der Waals surface area contributed by atoms with Crippen molar-refractivity contribution >= 4 is 63.2 Å². The molecule has 0 saturated heterocycles. The van der Waals surface area contributed by atoms with Gasteiger partial charge in [-0.1, -0.05) is 34.8 Å². The van der Waals surface area contributed by atoms with E-state index in [1.54, 1.807) is 36.4 Å². The van der Waals surface area contributed by atoms with Crippen molar-refractivity contribution in [3.63, 3.8) is 0 Å². The molecule has 2 rings (SSSR count).